The Kier molecular flexibility index (Phi) is 9.88. The summed E-state index contributed by atoms with van der Waals surface area (Å²) < 4.78 is 25.4. The first-order chi connectivity index (χ1) is 16.1. The maximum atomic E-state index is 14.5. The summed E-state index contributed by atoms with van der Waals surface area (Å²) >= 11 is 6.25. The number of aliphatic imine (C=N–C) groups is 1. The quantitative estimate of drug-likeness (QED) is 0.230. The van der Waals surface area contributed by atoms with Gasteiger partial charge in [0.1, 0.15) is 39.8 Å². The molecule has 1 unspecified atom stereocenters. The first-order valence-corrected chi connectivity index (χ1v) is 11.0. The molecular formula is C23H30ClFN4O5. The first-order valence-electron chi connectivity index (χ1n) is 10.6. The second-order valence-corrected chi connectivity index (χ2v) is 8.51. The molecule has 1 aromatic rings. The highest BCUT2D eigenvalue weighted by atomic mass is 35.5. The number of aliphatic hydroxyl groups is 1. The molecule has 1 aliphatic rings. The lowest BCUT2D eigenvalue weighted by atomic mass is 9.99. The maximum absolute atomic E-state index is 14.5. The van der Waals surface area contributed by atoms with Gasteiger partial charge in [-0.15, -0.1) is 0 Å². The van der Waals surface area contributed by atoms with E-state index in [1.165, 1.54) is 44.2 Å². The molecule has 1 heterocycles. The van der Waals surface area contributed by atoms with Gasteiger partial charge in [-0.2, -0.15) is 4.99 Å². The molecule has 0 spiro atoms. The molecule has 2 amide bonds. The Balaban J connectivity index is 2.16. The molecule has 1 atom stereocenters. The van der Waals surface area contributed by atoms with Crippen LogP contribution in [0.25, 0.3) is 0 Å². The van der Waals surface area contributed by atoms with Crippen molar-refractivity contribution >= 4 is 29.3 Å². The third kappa shape index (κ3) is 8.03. The molecule has 0 radical (unpaired) electrons. The average Bonchev–Trinajstić information content (AvgIpc) is 3.12. The van der Waals surface area contributed by atoms with Crippen molar-refractivity contribution in [2.24, 2.45) is 10.7 Å². The molecule has 1 aromatic carbocycles. The number of methoxy groups -OCH3 is 1. The first kappa shape index (κ1) is 27.1. The third-order valence-corrected chi connectivity index (χ3v) is 5.09. The highest BCUT2D eigenvalue weighted by Gasteiger charge is 2.38. The van der Waals surface area contributed by atoms with E-state index >= 15 is 0 Å². The smallest absolute Gasteiger partial charge is 0.270 e. The summed E-state index contributed by atoms with van der Waals surface area (Å²) in [4.78, 5) is 30.6. The number of carbonyl (C=O) groups excluding carboxylic acids is 2. The molecule has 11 heteroatoms. The molecule has 0 aromatic heterocycles. The number of nitrogens with zero attached hydrogens (tertiary/aromatic N) is 2. The molecule has 186 valence electrons. The largest absolute Gasteiger partial charge is 0.495 e. The lowest BCUT2D eigenvalue weighted by Gasteiger charge is -2.29. The zero-order chi connectivity index (χ0) is 25.3. The lowest BCUT2D eigenvalue weighted by Crippen LogP contribution is -2.45. The second-order valence-electron chi connectivity index (χ2n) is 8.13. The van der Waals surface area contributed by atoms with Gasteiger partial charge in [0, 0.05) is 31.8 Å². The number of alkyl halides is 1. The Morgan fingerprint density at radius 2 is 2.15 bits per heavy atom. The maximum Gasteiger partial charge on any atom is 0.270 e. The standard InChI is InChI=1S/C23H30ClFN4O5/c1-23(2,25)13-16(22(32)28-19(26)8-10-27-9-5-11-30)29-14-15(12-20(29)31)34-18-7-4-6-17(33-3)21(18)24/h4,6-8,10,12,16,27,30H,5,9,11,13-14H2,1-3H3,(H2,26,28,32)/b10-8-. The predicted octanol–water partition coefficient (Wildman–Crippen LogP) is 2.33. The molecule has 0 bridgehead atoms. The van der Waals surface area contributed by atoms with Crippen LogP contribution in [0.3, 0.4) is 0 Å². The zero-order valence-corrected chi connectivity index (χ0v) is 20.1. The van der Waals surface area contributed by atoms with Crippen LogP contribution in [0.1, 0.15) is 26.7 Å². The van der Waals surface area contributed by atoms with Crippen LogP contribution in [0.4, 0.5) is 4.39 Å². The number of nitrogens with two attached hydrogens (primary N) is 1. The summed E-state index contributed by atoms with van der Waals surface area (Å²) in [6, 6.07) is 3.75. The van der Waals surface area contributed by atoms with Gasteiger partial charge in [-0.25, -0.2) is 4.39 Å². The van der Waals surface area contributed by atoms with Gasteiger partial charge in [-0.1, -0.05) is 17.7 Å². The summed E-state index contributed by atoms with van der Waals surface area (Å²) in [5, 5.41) is 11.9. The second kappa shape index (κ2) is 12.4. The van der Waals surface area contributed by atoms with Crippen LogP contribution in [-0.4, -0.2) is 66.2 Å². The highest BCUT2D eigenvalue weighted by Crippen LogP contribution is 2.35. The molecule has 4 N–H and O–H groups in total. The SMILES string of the molecule is COc1cccc(OC2=CC(=O)N(C(CC(C)(C)F)C(=O)N=C(N)/C=C\NCCCO)C2)c1Cl. The Hall–Kier alpha value is -3.11. The number of amidine groups is 1. The van der Waals surface area contributed by atoms with Crippen LogP contribution in [0.15, 0.2) is 47.3 Å². The fourth-order valence-corrected chi connectivity index (χ4v) is 3.39. The van der Waals surface area contributed by atoms with E-state index in [4.69, 9.17) is 31.9 Å². The van der Waals surface area contributed by atoms with Gasteiger partial charge in [0.15, 0.2) is 0 Å². The Labute approximate surface area is 203 Å². The van der Waals surface area contributed by atoms with Gasteiger partial charge >= 0.3 is 0 Å². The van der Waals surface area contributed by atoms with Crippen molar-refractivity contribution in [2.75, 3.05) is 26.8 Å². The fraction of sp³-hybridized carbons (Fsp3) is 0.435. The minimum absolute atomic E-state index is 0.0389. The van der Waals surface area contributed by atoms with E-state index in [0.717, 1.165) is 0 Å². The van der Waals surface area contributed by atoms with Gasteiger partial charge in [0.05, 0.1) is 13.7 Å². The fourth-order valence-electron chi connectivity index (χ4n) is 3.14. The van der Waals surface area contributed by atoms with Crippen LogP contribution in [0.5, 0.6) is 11.5 Å². The number of hydrogen-bond donors (Lipinski definition) is 3. The number of hydrogen-bond acceptors (Lipinski definition) is 6. The lowest BCUT2D eigenvalue weighted by molar-refractivity contribution is -0.135. The Bertz CT molecular complexity index is 975. The molecule has 34 heavy (non-hydrogen) atoms. The number of benzene rings is 1. The van der Waals surface area contributed by atoms with Gasteiger partial charge in [0.25, 0.3) is 11.8 Å². The van der Waals surface area contributed by atoms with Gasteiger partial charge in [-0.3, -0.25) is 9.59 Å². The molecule has 0 saturated carbocycles. The van der Waals surface area contributed by atoms with Crippen LogP contribution in [0.2, 0.25) is 5.02 Å². The topological polar surface area (TPSA) is 126 Å². The predicted molar refractivity (Wildman–Crippen MR) is 127 cm³/mol. The number of ether oxygens (including phenoxy) is 2. The Morgan fingerprint density at radius 1 is 1.44 bits per heavy atom. The van der Waals surface area contributed by atoms with Gasteiger partial charge in [-0.05, 0) is 38.5 Å². The minimum Gasteiger partial charge on any atom is -0.495 e. The van der Waals surface area contributed by atoms with Crippen molar-refractivity contribution < 1.29 is 28.6 Å². The highest BCUT2D eigenvalue weighted by molar-refractivity contribution is 6.33. The number of rotatable bonds is 12. The Morgan fingerprint density at radius 3 is 2.79 bits per heavy atom. The number of aliphatic hydroxyl groups excluding tert-OH is 1. The molecule has 2 rings (SSSR count). The van der Waals surface area contributed by atoms with Crippen LogP contribution in [-0.2, 0) is 9.59 Å². The van der Waals surface area contributed by atoms with E-state index in [2.05, 4.69) is 10.3 Å². The zero-order valence-electron chi connectivity index (χ0n) is 19.4. The van der Waals surface area contributed by atoms with E-state index < -0.39 is 23.5 Å². The number of nitrogens with one attached hydrogen (secondary N) is 1. The van der Waals surface area contributed by atoms with Crippen molar-refractivity contribution in [3.05, 3.63) is 47.3 Å². The summed E-state index contributed by atoms with van der Waals surface area (Å²) in [6.45, 7) is 3.10. The van der Waals surface area contributed by atoms with Crippen molar-refractivity contribution in [3.63, 3.8) is 0 Å². The van der Waals surface area contributed by atoms with E-state index in [1.54, 1.807) is 18.2 Å². The average molecular weight is 497 g/mol. The van der Waals surface area contributed by atoms with Crippen LogP contribution >= 0.6 is 11.6 Å². The van der Waals surface area contributed by atoms with Crippen LogP contribution < -0.4 is 20.5 Å². The van der Waals surface area contributed by atoms with Gasteiger partial charge < -0.3 is 30.5 Å². The van der Waals surface area contributed by atoms with Crippen molar-refractivity contribution in [3.8, 4) is 11.5 Å². The van der Waals surface area contributed by atoms with E-state index in [9.17, 15) is 14.0 Å². The van der Waals surface area contributed by atoms with Crippen LogP contribution in [0, 0.1) is 0 Å². The third-order valence-electron chi connectivity index (χ3n) is 4.71. The normalized spacial score (nSPS) is 15.5. The molecule has 0 aliphatic carbocycles. The molecule has 0 fully saturated rings. The van der Waals surface area contributed by atoms with E-state index in [0.29, 0.717) is 18.7 Å². The van der Waals surface area contributed by atoms with E-state index in [-0.39, 0.29) is 41.9 Å². The van der Waals surface area contributed by atoms with Gasteiger partial charge in [0.2, 0.25) is 0 Å². The number of carbonyl (C=O) groups is 2. The van der Waals surface area contributed by atoms with Crippen molar-refractivity contribution in [2.45, 2.75) is 38.4 Å². The van der Waals surface area contributed by atoms with Crippen molar-refractivity contribution in [1.82, 2.24) is 10.2 Å². The minimum atomic E-state index is -1.76. The number of amides is 2. The summed E-state index contributed by atoms with van der Waals surface area (Å²) in [6.07, 6.45) is 4.34. The molecular weight excluding hydrogens is 467 g/mol. The monoisotopic (exact) mass is 496 g/mol. The summed E-state index contributed by atoms with van der Waals surface area (Å²) in [7, 11) is 1.46. The summed E-state index contributed by atoms with van der Waals surface area (Å²) in [5.74, 6) is -0.479. The number of halogens is 2. The van der Waals surface area contributed by atoms with E-state index in [1.807, 2.05) is 0 Å². The molecule has 1 aliphatic heterocycles. The summed E-state index contributed by atoms with van der Waals surface area (Å²) in [5.41, 5.74) is 4.03. The van der Waals surface area contributed by atoms with Crippen molar-refractivity contribution in [1.29, 1.82) is 0 Å². The molecule has 0 saturated heterocycles. The molecule has 9 nitrogen and oxygen atoms in total.